The van der Waals surface area contributed by atoms with Gasteiger partial charge >= 0.3 is 11.9 Å². The van der Waals surface area contributed by atoms with Crippen molar-refractivity contribution in [3.8, 4) is 5.75 Å². The Balaban J connectivity index is 2.28. The van der Waals surface area contributed by atoms with E-state index in [1.807, 2.05) is 0 Å². The molecule has 1 aromatic rings. The van der Waals surface area contributed by atoms with Gasteiger partial charge in [0.1, 0.15) is 5.75 Å². The maximum Gasteiger partial charge on any atom is 0.347 e. The quantitative estimate of drug-likeness (QED) is 0.817. The highest BCUT2D eigenvalue weighted by Gasteiger charge is 2.29. The molecule has 96 valence electrons. The number of cyclic esters (lactones) is 1. The number of carbonyl (C=O) groups is 2. The Labute approximate surface area is 119 Å². The molecule has 0 bridgehead atoms. The van der Waals surface area contributed by atoms with Gasteiger partial charge in [0.05, 0.1) is 21.1 Å². The molecule has 0 aromatic heterocycles. The van der Waals surface area contributed by atoms with Gasteiger partial charge in [-0.25, -0.2) is 9.59 Å². The predicted octanol–water partition coefficient (Wildman–Crippen LogP) is 2.60. The molecule has 0 aliphatic carbocycles. The van der Waals surface area contributed by atoms with Gasteiger partial charge in [0.25, 0.3) is 0 Å². The molecule has 5 nitrogen and oxygen atoms in total. The van der Waals surface area contributed by atoms with Crippen molar-refractivity contribution in [1.29, 1.82) is 0 Å². The lowest BCUT2D eigenvalue weighted by atomic mass is 10.2. The van der Waals surface area contributed by atoms with Gasteiger partial charge in [-0.3, -0.25) is 0 Å². The number of hydrogen-bond acceptors (Lipinski definition) is 4. The summed E-state index contributed by atoms with van der Waals surface area (Å²) in [5, 5.41) is 8.89. The lowest BCUT2D eigenvalue weighted by Gasteiger charge is -2.14. The number of ether oxygens (including phenoxy) is 2. The summed E-state index contributed by atoms with van der Waals surface area (Å²) in [6.07, 6.45) is -0.161. The summed E-state index contributed by atoms with van der Waals surface area (Å²) in [4.78, 5) is 22.2. The Hall–Kier alpha value is -1.08. The van der Waals surface area contributed by atoms with Gasteiger partial charge in [0.2, 0.25) is 0 Å². The number of carbonyl (C=O) groups excluding carboxylic acids is 1. The van der Waals surface area contributed by atoms with Crippen molar-refractivity contribution in [3.63, 3.8) is 0 Å². The zero-order valence-electron chi connectivity index (χ0n) is 8.98. The third-order valence-corrected chi connectivity index (χ3v) is 3.57. The average Bonchev–Trinajstić information content (AvgIpc) is 2.69. The summed E-state index contributed by atoms with van der Waals surface area (Å²) in [6.45, 7) is 0.339. The standard InChI is InChI=1S/C11H8Br2O5/c12-6-3-5(10(14)15)4-7(13)9(6)18-8-1-2-17-11(8)16/h3-4,8H,1-2H2,(H,14,15). The first kappa shape index (κ1) is 13.4. The third kappa shape index (κ3) is 2.67. The highest BCUT2D eigenvalue weighted by Crippen LogP contribution is 2.36. The second-order valence-electron chi connectivity index (χ2n) is 3.64. The summed E-state index contributed by atoms with van der Waals surface area (Å²) in [7, 11) is 0. The van der Waals surface area contributed by atoms with Crippen LogP contribution >= 0.6 is 31.9 Å². The molecule has 0 radical (unpaired) electrons. The number of esters is 1. The lowest BCUT2D eigenvalue weighted by Crippen LogP contribution is -2.22. The fraction of sp³-hybridized carbons (Fsp3) is 0.273. The summed E-state index contributed by atoms with van der Waals surface area (Å²) in [5.74, 6) is -1.05. The number of aromatic carboxylic acids is 1. The molecule has 2 rings (SSSR count). The largest absolute Gasteiger partial charge is 0.478 e. The van der Waals surface area contributed by atoms with Crippen LogP contribution in [-0.2, 0) is 9.53 Å². The summed E-state index contributed by atoms with van der Waals surface area (Å²) in [6, 6.07) is 2.84. The number of halogens is 2. The van der Waals surface area contributed by atoms with E-state index in [4.69, 9.17) is 14.6 Å². The van der Waals surface area contributed by atoms with Crippen molar-refractivity contribution >= 4 is 43.8 Å². The van der Waals surface area contributed by atoms with E-state index in [2.05, 4.69) is 31.9 Å². The van der Waals surface area contributed by atoms with Crippen LogP contribution in [0.5, 0.6) is 5.75 Å². The minimum absolute atomic E-state index is 0.120. The van der Waals surface area contributed by atoms with Crippen molar-refractivity contribution in [1.82, 2.24) is 0 Å². The van der Waals surface area contributed by atoms with Gasteiger partial charge in [-0.05, 0) is 44.0 Å². The van der Waals surface area contributed by atoms with Gasteiger partial charge in [-0.15, -0.1) is 0 Å². The summed E-state index contributed by atoms with van der Waals surface area (Å²) in [5.41, 5.74) is 0.120. The van der Waals surface area contributed by atoms with Gasteiger partial charge in [-0.1, -0.05) is 0 Å². The van der Waals surface area contributed by atoms with Gasteiger partial charge < -0.3 is 14.6 Å². The monoisotopic (exact) mass is 378 g/mol. The maximum absolute atomic E-state index is 11.3. The van der Waals surface area contributed by atoms with E-state index in [1.54, 1.807) is 0 Å². The zero-order valence-corrected chi connectivity index (χ0v) is 12.2. The van der Waals surface area contributed by atoms with Crippen LogP contribution in [0.3, 0.4) is 0 Å². The van der Waals surface area contributed by atoms with Crippen LogP contribution in [0, 0.1) is 0 Å². The first-order valence-electron chi connectivity index (χ1n) is 5.04. The number of benzene rings is 1. The van der Waals surface area contributed by atoms with E-state index in [9.17, 15) is 9.59 Å². The fourth-order valence-corrected chi connectivity index (χ4v) is 2.90. The Kier molecular flexibility index (Phi) is 3.91. The molecule has 1 atom stereocenters. The second-order valence-corrected chi connectivity index (χ2v) is 5.35. The Morgan fingerprint density at radius 3 is 2.44 bits per heavy atom. The minimum Gasteiger partial charge on any atom is -0.478 e. The molecule has 7 heteroatoms. The van der Waals surface area contributed by atoms with Crippen molar-refractivity contribution in [2.45, 2.75) is 12.5 Å². The fourth-order valence-electron chi connectivity index (χ4n) is 1.52. The van der Waals surface area contributed by atoms with Gasteiger partial charge in [0.15, 0.2) is 6.10 Å². The van der Waals surface area contributed by atoms with Crippen molar-refractivity contribution in [2.75, 3.05) is 6.61 Å². The highest BCUT2D eigenvalue weighted by atomic mass is 79.9. The highest BCUT2D eigenvalue weighted by molar-refractivity contribution is 9.11. The van der Waals surface area contributed by atoms with Gasteiger partial charge in [0, 0.05) is 6.42 Å². The molecular weight excluding hydrogens is 372 g/mol. The van der Waals surface area contributed by atoms with E-state index in [0.717, 1.165) is 0 Å². The minimum atomic E-state index is -1.04. The SMILES string of the molecule is O=C(O)c1cc(Br)c(OC2CCOC2=O)c(Br)c1. The Morgan fingerprint density at radius 1 is 1.39 bits per heavy atom. The molecule has 1 heterocycles. The first-order chi connectivity index (χ1) is 8.49. The van der Waals surface area contributed by atoms with Crippen molar-refractivity contribution in [3.05, 3.63) is 26.6 Å². The molecule has 1 aliphatic rings. The molecule has 1 N–H and O–H groups in total. The van der Waals surface area contributed by atoms with E-state index in [0.29, 0.717) is 27.7 Å². The predicted molar refractivity (Wildman–Crippen MR) is 68.8 cm³/mol. The third-order valence-electron chi connectivity index (χ3n) is 2.39. The first-order valence-corrected chi connectivity index (χ1v) is 6.63. The molecule has 18 heavy (non-hydrogen) atoms. The number of rotatable bonds is 3. The van der Waals surface area contributed by atoms with Crippen molar-refractivity contribution < 1.29 is 24.2 Å². The number of hydrogen-bond donors (Lipinski definition) is 1. The molecule has 1 fully saturated rings. The molecule has 0 saturated carbocycles. The number of carboxylic acids is 1. The molecular formula is C11H8Br2O5. The normalized spacial score (nSPS) is 18.6. The van der Waals surface area contributed by atoms with E-state index < -0.39 is 18.0 Å². The van der Waals surface area contributed by atoms with E-state index in [1.165, 1.54) is 12.1 Å². The second kappa shape index (κ2) is 5.27. The van der Waals surface area contributed by atoms with E-state index >= 15 is 0 Å². The van der Waals surface area contributed by atoms with Crippen LogP contribution in [0.2, 0.25) is 0 Å². The van der Waals surface area contributed by atoms with Crippen LogP contribution in [0.4, 0.5) is 0 Å². The molecule has 1 saturated heterocycles. The average molecular weight is 380 g/mol. The Bertz CT molecular complexity index is 491. The zero-order chi connectivity index (χ0) is 13.3. The van der Waals surface area contributed by atoms with Crippen molar-refractivity contribution in [2.24, 2.45) is 0 Å². The van der Waals surface area contributed by atoms with Crippen LogP contribution in [0.1, 0.15) is 16.8 Å². The van der Waals surface area contributed by atoms with Crippen LogP contribution < -0.4 is 4.74 Å². The van der Waals surface area contributed by atoms with E-state index in [-0.39, 0.29) is 5.56 Å². The summed E-state index contributed by atoms with van der Waals surface area (Å²) >= 11 is 6.45. The molecule has 1 unspecified atom stereocenters. The van der Waals surface area contributed by atoms with Crippen LogP contribution in [0.25, 0.3) is 0 Å². The van der Waals surface area contributed by atoms with Crippen LogP contribution in [-0.4, -0.2) is 29.8 Å². The smallest absolute Gasteiger partial charge is 0.347 e. The maximum atomic E-state index is 11.3. The number of carboxylic acid groups (broad SMARTS) is 1. The molecule has 0 spiro atoms. The Morgan fingerprint density at radius 2 is 2.00 bits per heavy atom. The van der Waals surface area contributed by atoms with Crippen LogP contribution in [0.15, 0.2) is 21.1 Å². The topological polar surface area (TPSA) is 72.8 Å². The lowest BCUT2D eigenvalue weighted by molar-refractivity contribution is -0.143. The molecule has 1 aromatic carbocycles. The summed E-state index contributed by atoms with van der Waals surface area (Å²) < 4.78 is 11.2. The molecule has 0 amide bonds. The molecule has 1 aliphatic heterocycles. The van der Waals surface area contributed by atoms with Gasteiger partial charge in [-0.2, -0.15) is 0 Å².